The number of rotatable bonds is 5. The van der Waals surface area contributed by atoms with Crippen LogP contribution >= 0.6 is 0 Å². The number of benzene rings is 1. The van der Waals surface area contributed by atoms with Crippen LogP contribution in [-0.2, 0) is 12.4 Å². The summed E-state index contributed by atoms with van der Waals surface area (Å²) in [5.41, 5.74) is 2.28. The fraction of sp³-hybridized carbons (Fsp3) is 0.667. The van der Waals surface area contributed by atoms with E-state index in [2.05, 4.69) is 15.6 Å². The van der Waals surface area contributed by atoms with E-state index in [0.717, 1.165) is 38.5 Å². The maximum Gasteiger partial charge on any atom is 0.416 e. The lowest BCUT2D eigenvalue weighted by Crippen LogP contribution is -2.40. The van der Waals surface area contributed by atoms with Crippen LogP contribution < -0.4 is 16.4 Å². The second-order valence-corrected chi connectivity index (χ2v) is 8.79. The van der Waals surface area contributed by atoms with Crippen LogP contribution in [0.5, 0.6) is 0 Å². The minimum Gasteiger partial charge on any atom is -0.353 e. The first-order valence-electron chi connectivity index (χ1n) is 10.4. The van der Waals surface area contributed by atoms with Gasteiger partial charge in [-0.3, -0.25) is 4.99 Å². The lowest BCUT2D eigenvalue weighted by Gasteiger charge is -2.24. The summed E-state index contributed by atoms with van der Waals surface area (Å²) in [5, 5.41) is 5.86. The first-order valence-corrected chi connectivity index (χ1v) is 10.4. The zero-order chi connectivity index (χ0) is 23.3. The highest BCUT2D eigenvalue weighted by molar-refractivity contribution is 5.94. The predicted octanol–water partition coefficient (Wildman–Crippen LogP) is 5.79. The Hall–Kier alpha value is -1.97. The quantitative estimate of drug-likeness (QED) is 0.229. The normalized spacial score (nSPS) is 17.4. The summed E-state index contributed by atoms with van der Waals surface area (Å²) in [6.07, 6.45) is -3.91. The van der Waals surface area contributed by atoms with Gasteiger partial charge in [-0.05, 0) is 43.0 Å². The first kappa shape index (κ1) is 25.3. The molecule has 0 radical (unpaired) electrons. The number of nitrogens with two attached hydrogens (primary N) is 1. The van der Waals surface area contributed by atoms with Crippen molar-refractivity contribution >= 4 is 11.6 Å². The minimum atomic E-state index is -4.91. The highest BCUT2D eigenvalue weighted by atomic mass is 19.4. The summed E-state index contributed by atoms with van der Waals surface area (Å²) in [5.74, 6) is 0.154. The Morgan fingerprint density at radius 1 is 0.935 bits per heavy atom. The van der Waals surface area contributed by atoms with E-state index in [4.69, 9.17) is 5.73 Å². The smallest absolute Gasteiger partial charge is 0.353 e. The molecule has 31 heavy (non-hydrogen) atoms. The van der Waals surface area contributed by atoms with E-state index in [1.54, 1.807) is 0 Å². The van der Waals surface area contributed by atoms with Crippen LogP contribution in [0.1, 0.15) is 63.5 Å². The molecule has 2 rings (SSSR count). The Kier molecular flexibility index (Phi) is 8.24. The largest absolute Gasteiger partial charge is 0.416 e. The number of nitrogens with one attached hydrogen (secondary N) is 2. The summed E-state index contributed by atoms with van der Waals surface area (Å²) in [4.78, 5) is 4.42. The molecule has 176 valence electrons. The van der Waals surface area contributed by atoms with Gasteiger partial charge in [-0.15, -0.1) is 0 Å². The number of aliphatic imine (C=N–C) groups is 1. The van der Waals surface area contributed by atoms with Crippen molar-refractivity contribution in [3.05, 3.63) is 29.3 Å². The summed E-state index contributed by atoms with van der Waals surface area (Å²) >= 11 is 0. The van der Waals surface area contributed by atoms with Gasteiger partial charge in [0.2, 0.25) is 0 Å². The fourth-order valence-electron chi connectivity index (χ4n) is 3.26. The van der Waals surface area contributed by atoms with Crippen LogP contribution in [0.2, 0.25) is 0 Å². The second kappa shape index (κ2) is 10.1. The number of hydrogen-bond donors (Lipinski definition) is 3. The van der Waals surface area contributed by atoms with E-state index in [9.17, 15) is 26.3 Å². The second-order valence-electron chi connectivity index (χ2n) is 8.79. The van der Waals surface area contributed by atoms with Crippen LogP contribution in [0.25, 0.3) is 0 Å². The lowest BCUT2D eigenvalue weighted by atomic mass is 9.94. The van der Waals surface area contributed by atoms with Crippen LogP contribution in [0, 0.1) is 5.41 Å². The van der Waals surface area contributed by atoms with Crippen molar-refractivity contribution in [3.63, 3.8) is 0 Å². The van der Waals surface area contributed by atoms with Crippen molar-refractivity contribution in [2.45, 2.75) is 70.8 Å². The Labute approximate surface area is 178 Å². The molecule has 1 aliphatic carbocycles. The molecule has 0 unspecified atom stereocenters. The van der Waals surface area contributed by atoms with Gasteiger partial charge in [-0.2, -0.15) is 26.3 Å². The van der Waals surface area contributed by atoms with Gasteiger partial charge in [0.15, 0.2) is 5.96 Å². The van der Waals surface area contributed by atoms with E-state index in [0.29, 0.717) is 18.7 Å². The van der Waals surface area contributed by atoms with Crippen molar-refractivity contribution < 1.29 is 26.3 Å². The molecule has 1 saturated carbocycles. The summed E-state index contributed by atoms with van der Waals surface area (Å²) in [7, 11) is 0. The standard InChI is InChI=1S/C21H30F6N4/c1-19(2,12-28)13-29-18(30-16-7-5-3-4-6-8-16)31-17-10-14(20(22,23)24)9-15(11-17)21(25,26)27/h9-11,16H,3-8,12-13,28H2,1-2H3,(H2,29,30,31). The molecule has 4 N–H and O–H groups in total. The van der Waals surface area contributed by atoms with Gasteiger partial charge in [0.25, 0.3) is 0 Å². The van der Waals surface area contributed by atoms with E-state index in [1.165, 1.54) is 0 Å². The molecule has 0 spiro atoms. The Morgan fingerprint density at radius 2 is 1.45 bits per heavy atom. The van der Waals surface area contributed by atoms with Gasteiger partial charge in [0.1, 0.15) is 0 Å². The summed E-state index contributed by atoms with van der Waals surface area (Å²) < 4.78 is 79.1. The molecule has 10 heteroatoms. The molecule has 0 atom stereocenters. The molecule has 0 bridgehead atoms. The third kappa shape index (κ3) is 8.23. The predicted molar refractivity (Wildman–Crippen MR) is 110 cm³/mol. The molecule has 0 amide bonds. The summed E-state index contributed by atoms with van der Waals surface area (Å²) in [6.45, 7) is 4.35. The topological polar surface area (TPSA) is 62.4 Å². The molecular weight excluding hydrogens is 422 g/mol. The molecular formula is C21H30F6N4. The molecule has 4 nitrogen and oxygen atoms in total. The third-order valence-electron chi connectivity index (χ3n) is 5.26. The Bertz CT molecular complexity index is 715. The molecule has 1 fully saturated rings. The van der Waals surface area contributed by atoms with E-state index < -0.39 is 23.5 Å². The van der Waals surface area contributed by atoms with Crippen LogP contribution in [0.3, 0.4) is 0 Å². The monoisotopic (exact) mass is 452 g/mol. The summed E-state index contributed by atoms with van der Waals surface area (Å²) in [6, 6.07) is 1.47. The molecule has 1 aromatic carbocycles. The zero-order valence-corrected chi connectivity index (χ0v) is 17.8. The number of nitrogens with zero attached hydrogens (tertiary/aromatic N) is 1. The van der Waals surface area contributed by atoms with Crippen molar-refractivity contribution in [2.24, 2.45) is 16.1 Å². The number of alkyl halides is 6. The number of anilines is 1. The highest BCUT2D eigenvalue weighted by Crippen LogP contribution is 2.37. The van der Waals surface area contributed by atoms with Gasteiger partial charge in [-0.25, -0.2) is 0 Å². The Morgan fingerprint density at radius 3 is 1.90 bits per heavy atom. The Balaban J connectivity index is 2.36. The number of hydrogen-bond acceptors (Lipinski definition) is 2. The van der Waals surface area contributed by atoms with Crippen LogP contribution in [-0.4, -0.2) is 25.1 Å². The molecule has 0 saturated heterocycles. The molecule has 1 aromatic rings. The lowest BCUT2D eigenvalue weighted by molar-refractivity contribution is -0.143. The SMILES string of the molecule is CC(C)(CN)CN=C(Nc1cc(C(F)(F)F)cc(C(F)(F)F)c1)NC1CCCCCC1. The van der Waals surface area contributed by atoms with E-state index >= 15 is 0 Å². The van der Waals surface area contributed by atoms with Crippen molar-refractivity contribution in [3.8, 4) is 0 Å². The van der Waals surface area contributed by atoms with Crippen LogP contribution in [0.15, 0.2) is 23.2 Å². The number of halogens is 6. The van der Waals surface area contributed by atoms with E-state index in [-0.39, 0.29) is 35.7 Å². The molecule has 0 aromatic heterocycles. The minimum absolute atomic E-state index is 0.0441. The first-order chi connectivity index (χ1) is 14.3. The van der Waals surface area contributed by atoms with Gasteiger partial charge >= 0.3 is 12.4 Å². The molecule has 0 heterocycles. The maximum absolute atomic E-state index is 13.2. The zero-order valence-electron chi connectivity index (χ0n) is 17.8. The number of guanidine groups is 1. The highest BCUT2D eigenvalue weighted by Gasteiger charge is 2.37. The fourth-order valence-corrected chi connectivity index (χ4v) is 3.26. The third-order valence-corrected chi connectivity index (χ3v) is 5.26. The van der Waals surface area contributed by atoms with Gasteiger partial charge < -0.3 is 16.4 Å². The maximum atomic E-state index is 13.2. The van der Waals surface area contributed by atoms with Gasteiger partial charge in [0, 0.05) is 18.3 Å². The molecule has 1 aliphatic rings. The van der Waals surface area contributed by atoms with Gasteiger partial charge in [0.05, 0.1) is 11.1 Å². The van der Waals surface area contributed by atoms with Gasteiger partial charge in [-0.1, -0.05) is 39.5 Å². The van der Waals surface area contributed by atoms with Crippen molar-refractivity contribution in [2.75, 3.05) is 18.4 Å². The molecule has 0 aliphatic heterocycles. The average Bonchev–Trinajstić information content (AvgIpc) is 2.93. The van der Waals surface area contributed by atoms with E-state index in [1.807, 2.05) is 13.8 Å². The average molecular weight is 452 g/mol. The van der Waals surface area contributed by atoms with Crippen molar-refractivity contribution in [1.29, 1.82) is 0 Å². The van der Waals surface area contributed by atoms with Crippen LogP contribution in [0.4, 0.5) is 32.0 Å². The van der Waals surface area contributed by atoms with Crippen molar-refractivity contribution in [1.82, 2.24) is 5.32 Å².